The molecule has 0 bridgehead atoms. The first kappa shape index (κ1) is 13.8. The van der Waals surface area contributed by atoms with Crippen LogP contribution in [-0.4, -0.2) is 28.7 Å². The van der Waals surface area contributed by atoms with Crippen molar-refractivity contribution < 1.29 is 14.3 Å². The first-order chi connectivity index (χ1) is 10.6. The van der Waals surface area contributed by atoms with Gasteiger partial charge in [0.15, 0.2) is 17.3 Å². The van der Waals surface area contributed by atoms with E-state index in [1.807, 2.05) is 19.1 Å². The Balaban J connectivity index is 1.84. The number of carbonyl (C=O) groups is 1. The molecular weight excluding hydrogens is 326 g/mol. The van der Waals surface area contributed by atoms with E-state index in [1.165, 1.54) is 11.8 Å². The van der Waals surface area contributed by atoms with Gasteiger partial charge < -0.3 is 14.8 Å². The minimum absolute atomic E-state index is 0.0558. The average molecular weight is 338 g/mol. The molecule has 0 saturated heterocycles. The molecule has 0 fully saturated rings. The van der Waals surface area contributed by atoms with Crippen LogP contribution < -0.4 is 14.8 Å². The van der Waals surface area contributed by atoms with Gasteiger partial charge in [-0.1, -0.05) is 11.6 Å². The number of aromatic amines is 1. The van der Waals surface area contributed by atoms with Crippen molar-refractivity contribution >= 4 is 35.1 Å². The molecule has 114 valence electrons. The number of nitrogens with one attached hydrogen (secondary N) is 2. The SMILES string of the molecule is Cc1[nH]nc2c1[C@@H](c1cc(Cl)c3c(c1)OCO3)SCC(=O)N2. The molecule has 1 aromatic carbocycles. The van der Waals surface area contributed by atoms with Crippen LogP contribution in [0.2, 0.25) is 5.02 Å². The quantitative estimate of drug-likeness (QED) is 0.836. The number of anilines is 1. The van der Waals surface area contributed by atoms with Crippen molar-refractivity contribution in [3.8, 4) is 11.5 Å². The standard InChI is InChI=1S/C14H12ClN3O3S/c1-6-11-13(22-4-10(19)16-14(11)18-17-6)7-2-8(15)12-9(3-7)20-5-21-12/h2-3,13H,4-5H2,1H3,(H2,16,17,18,19)/t13-/m1/s1. The first-order valence-corrected chi connectivity index (χ1v) is 8.11. The van der Waals surface area contributed by atoms with Gasteiger partial charge in [0, 0.05) is 11.3 Å². The van der Waals surface area contributed by atoms with Crippen molar-refractivity contribution in [1.29, 1.82) is 0 Å². The summed E-state index contributed by atoms with van der Waals surface area (Å²) >= 11 is 7.82. The molecular formula is C14H12ClN3O3S. The second-order valence-corrected chi connectivity index (χ2v) is 6.59. The van der Waals surface area contributed by atoms with Gasteiger partial charge in [0.05, 0.1) is 16.0 Å². The van der Waals surface area contributed by atoms with Gasteiger partial charge in [-0.3, -0.25) is 9.89 Å². The smallest absolute Gasteiger partial charge is 0.235 e. The lowest BCUT2D eigenvalue weighted by molar-refractivity contribution is -0.113. The van der Waals surface area contributed by atoms with E-state index in [4.69, 9.17) is 21.1 Å². The van der Waals surface area contributed by atoms with E-state index in [0.717, 1.165) is 16.8 Å². The van der Waals surface area contributed by atoms with Gasteiger partial charge in [0.1, 0.15) is 0 Å². The molecule has 0 radical (unpaired) electrons. The molecule has 1 atom stereocenters. The van der Waals surface area contributed by atoms with Crippen molar-refractivity contribution in [2.45, 2.75) is 12.2 Å². The predicted octanol–water partition coefficient (Wildman–Crippen LogP) is 2.87. The van der Waals surface area contributed by atoms with Crippen LogP contribution in [0.25, 0.3) is 0 Å². The number of hydrogen-bond acceptors (Lipinski definition) is 5. The summed E-state index contributed by atoms with van der Waals surface area (Å²) in [5.41, 5.74) is 2.84. The number of halogens is 1. The summed E-state index contributed by atoms with van der Waals surface area (Å²) in [6, 6.07) is 3.77. The summed E-state index contributed by atoms with van der Waals surface area (Å²) in [7, 11) is 0. The van der Waals surface area contributed by atoms with Crippen molar-refractivity contribution in [3.63, 3.8) is 0 Å². The van der Waals surface area contributed by atoms with Crippen molar-refractivity contribution in [1.82, 2.24) is 10.2 Å². The van der Waals surface area contributed by atoms with Gasteiger partial charge in [0.25, 0.3) is 0 Å². The Morgan fingerprint density at radius 1 is 1.41 bits per heavy atom. The number of hydrogen-bond donors (Lipinski definition) is 2. The summed E-state index contributed by atoms with van der Waals surface area (Å²) in [5.74, 6) is 2.07. The predicted molar refractivity (Wildman–Crippen MR) is 83.8 cm³/mol. The molecule has 2 N–H and O–H groups in total. The fraction of sp³-hybridized carbons (Fsp3) is 0.286. The molecule has 8 heteroatoms. The average Bonchev–Trinajstić information content (AvgIpc) is 3.04. The van der Waals surface area contributed by atoms with E-state index >= 15 is 0 Å². The normalized spacial score (nSPS) is 19.5. The van der Waals surface area contributed by atoms with Gasteiger partial charge in [-0.25, -0.2) is 0 Å². The van der Waals surface area contributed by atoms with Crippen molar-refractivity contribution in [3.05, 3.63) is 34.0 Å². The molecule has 6 nitrogen and oxygen atoms in total. The number of rotatable bonds is 1. The highest BCUT2D eigenvalue weighted by Crippen LogP contribution is 2.47. The molecule has 1 aromatic heterocycles. The molecule has 0 aliphatic carbocycles. The van der Waals surface area contributed by atoms with E-state index < -0.39 is 0 Å². The number of fused-ring (bicyclic) bond motifs is 2. The summed E-state index contributed by atoms with van der Waals surface area (Å²) in [6.45, 7) is 2.11. The minimum Gasteiger partial charge on any atom is -0.454 e. The highest BCUT2D eigenvalue weighted by Gasteiger charge is 2.30. The third kappa shape index (κ3) is 2.12. The Morgan fingerprint density at radius 2 is 2.27 bits per heavy atom. The molecule has 2 aliphatic rings. The third-order valence-corrected chi connectivity index (χ3v) is 5.20. The number of ether oxygens (including phenoxy) is 2. The molecule has 4 rings (SSSR count). The van der Waals surface area contributed by atoms with Crippen LogP contribution >= 0.6 is 23.4 Å². The van der Waals surface area contributed by atoms with Crippen LogP contribution in [0.4, 0.5) is 5.82 Å². The second kappa shape index (κ2) is 5.10. The lowest BCUT2D eigenvalue weighted by atomic mass is 10.0. The molecule has 2 aromatic rings. The van der Waals surface area contributed by atoms with E-state index in [-0.39, 0.29) is 18.0 Å². The first-order valence-electron chi connectivity index (χ1n) is 6.69. The Hall–Kier alpha value is -1.86. The number of carbonyl (C=O) groups excluding carboxylic acids is 1. The zero-order valence-corrected chi connectivity index (χ0v) is 13.2. The van der Waals surface area contributed by atoms with Gasteiger partial charge in [-0.05, 0) is 24.6 Å². The zero-order chi connectivity index (χ0) is 15.3. The highest BCUT2D eigenvalue weighted by atomic mass is 35.5. The van der Waals surface area contributed by atoms with Crippen LogP contribution in [0, 0.1) is 6.92 Å². The number of thioether (sulfide) groups is 1. The van der Waals surface area contributed by atoms with Crippen LogP contribution in [0.5, 0.6) is 11.5 Å². The Bertz CT molecular complexity index is 777. The molecule has 0 spiro atoms. The highest BCUT2D eigenvalue weighted by molar-refractivity contribution is 8.00. The van der Waals surface area contributed by atoms with E-state index in [2.05, 4.69) is 15.5 Å². The summed E-state index contributed by atoms with van der Waals surface area (Å²) in [4.78, 5) is 11.8. The van der Waals surface area contributed by atoms with Crippen LogP contribution in [-0.2, 0) is 4.79 Å². The molecule has 0 saturated carbocycles. The Kier molecular flexibility index (Phi) is 3.19. The van der Waals surface area contributed by atoms with Crippen molar-refractivity contribution in [2.75, 3.05) is 17.9 Å². The zero-order valence-electron chi connectivity index (χ0n) is 11.6. The van der Waals surface area contributed by atoms with Gasteiger partial charge in [0.2, 0.25) is 12.7 Å². The van der Waals surface area contributed by atoms with Crippen LogP contribution in [0.15, 0.2) is 12.1 Å². The van der Waals surface area contributed by atoms with Gasteiger partial charge in [-0.15, -0.1) is 11.8 Å². The molecule has 3 heterocycles. The fourth-order valence-corrected chi connectivity index (χ4v) is 4.11. The van der Waals surface area contributed by atoms with Crippen LogP contribution in [0.1, 0.15) is 22.1 Å². The number of H-pyrrole nitrogens is 1. The van der Waals surface area contributed by atoms with E-state index in [9.17, 15) is 4.79 Å². The minimum atomic E-state index is -0.0629. The van der Waals surface area contributed by atoms with Gasteiger partial charge in [-0.2, -0.15) is 5.10 Å². The largest absolute Gasteiger partial charge is 0.454 e. The second-order valence-electron chi connectivity index (χ2n) is 5.09. The number of aromatic nitrogens is 2. The lowest BCUT2D eigenvalue weighted by Crippen LogP contribution is -2.12. The number of benzene rings is 1. The third-order valence-electron chi connectivity index (χ3n) is 3.65. The number of aryl methyl sites for hydroxylation is 1. The Labute approximate surface area is 135 Å². The van der Waals surface area contributed by atoms with Crippen molar-refractivity contribution in [2.24, 2.45) is 0 Å². The number of nitrogens with zero attached hydrogens (tertiary/aromatic N) is 1. The maximum Gasteiger partial charge on any atom is 0.235 e. The molecule has 0 unspecified atom stereocenters. The van der Waals surface area contributed by atoms with Crippen LogP contribution in [0.3, 0.4) is 0 Å². The number of amides is 1. The molecule has 2 aliphatic heterocycles. The lowest BCUT2D eigenvalue weighted by Gasteiger charge is -2.16. The van der Waals surface area contributed by atoms with E-state index in [1.54, 1.807) is 0 Å². The maximum atomic E-state index is 11.8. The fourth-order valence-electron chi connectivity index (χ4n) is 2.67. The molecule has 1 amide bonds. The summed E-state index contributed by atoms with van der Waals surface area (Å²) in [6.07, 6.45) is 0. The maximum absolute atomic E-state index is 11.8. The topological polar surface area (TPSA) is 76.2 Å². The monoisotopic (exact) mass is 337 g/mol. The van der Waals surface area contributed by atoms with Gasteiger partial charge >= 0.3 is 0 Å². The Morgan fingerprint density at radius 3 is 3.14 bits per heavy atom. The summed E-state index contributed by atoms with van der Waals surface area (Å²) in [5, 5.41) is 10.4. The van der Waals surface area contributed by atoms with E-state index in [0.29, 0.717) is 28.1 Å². The molecule has 22 heavy (non-hydrogen) atoms. The summed E-state index contributed by atoms with van der Waals surface area (Å²) < 4.78 is 10.8.